The molecular formula is C13H23ClN2O. The first-order valence-corrected chi connectivity index (χ1v) is 7.22. The highest BCUT2D eigenvalue weighted by atomic mass is 35.5. The highest BCUT2D eigenvalue weighted by Crippen LogP contribution is 2.35. The predicted octanol–water partition coefficient (Wildman–Crippen LogP) is 2.09. The number of alkyl halides is 1. The summed E-state index contributed by atoms with van der Waals surface area (Å²) in [7, 11) is 4.25. The molecule has 0 aromatic rings. The fraction of sp³-hybridized carbons (Fsp3) is 0.923. The summed E-state index contributed by atoms with van der Waals surface area (Å²) < 4.78 is 0. The zero-order valence-corrected chi connectivity index (χ0v) is 11.6. The topological polar surface area (TPSA) is 23.6 Å². The van der Waals surface area contributed by atoms with Crippen molar-refractivity contribution in [1.82, 2.24) is 9.80 Å². The average molecular weight is 259 g/mol. The van der Waals surface area contributed by atoms with Crippen molar-refractivity contribution in [2.24, 2.45) is 0 Å². The molecule has 0 unspecified atom stereocenters. The summed E-state index contributed by atoms with van der Waals surface area (Å²) in [6.45, 7) is 0. The molecule has 0 aliphatic heterocycles. The van der Waals surface area contributed by atoms with Crippen LogP contribution in [0.5, 0.6) is 0 Å². The number of likely N-dealkylation sites (N-methyl/N-ethyl adjacent to an activating group) is 1. The van der Waals surface area contributed by atoms with E-state index < -0.39 is 0 Å². The lowest BCUT2D eigenvalue weighted by molar-refractivity contribution is -0.133. The summed E-state index contributed by atoms with van der Waals surface area (Å²) in [5.41, 5.74) is 0. The Bertz CT molecular complexity index is 279. The van der Waals surface area contributed by atoms with Crippen LogP contribution < -0.4 is 0 Å². The van der Waals surface area contributed by atoms with Gasteiger partial charge in [0.25, 0.3) is 0 Å². The molecule has 0 N–H and O–H groups in total. The van der Waals surface area contributed by atoms with Gasteiger partial charge in [0.05, 0.1) is 0 Å². The van der Waals surface area contributed by atoms with Crippen LogP contribution in [0, 0.1) is 0 Å². The van der Waals surface area contributed by atoms with Gasteiger partial charge in [-0.15, -0.1) is 11.6 Å². The zero-order valence-electron chi connectivity index (χ0n) is 10.9. The first-order chi connectivity index (χ1) is 8.15. The molecule has 0 heterocycles. The van der Waals surface area contributed by atoms with Crippen molar-refractivity contribution < 1.29 is 4.79 Å². The average Bonchev–Trinajstić information content (AvgIpc) is 3.14. The van der Waals surface area contributed by atoms with Gasteiger partial charge in [-0.05, 0) is 39.8 Å². The smallest absolute Gasteiger partial charge is 0.238 e. The van der Waals surface area contributed by atoms with Gasteiger partial charge in [-0.2, -0.15) is 0 Å². The van der Waals surface area contributed by atoms with Crippen molar-refractivity contribution in [3.8, 4) is 0 Å². The first-order valence-electron chi connectivity index (χ1n) is 6.68. The molecular weight excluding hydrogens is 236 g/mol. The van der Waals surface area contributed by atoms with E-state index >= 15 is 0 Å². The van der Waals surface area contributed by atoms with Crippen LogP contribution in [0.3, 0.4) is 0 Å². The van der Waals surface area contributed by atoms with Crippen LogP contribution >= 0.6 is 11.6 Å². The first kappa shape index (κ1) is 13.2. The third kappa shape index (κ3) is 2.94. The fourth-order valence-corrected chi connectivity index (χ4v) is 3.24. The van der Waals surface area contributed by atoms with Crippen molar-refractivity contribution in [1.29, 1.82) is 0 Å². The minimum Gasteiger partial charge on any atom is -0.334 e. The van der Waals surface area contributed by atoms with Crippen LogP contribution in [-0.2, 0) is 4.79 Å². The fourth-order valence-electron chi connectivity index (χ4n) is 3.10. The van der Waals surface area contributed by atoms with Gasteiger partial charge in [-0.1, -0.05) is 12.8 Å². The monoisotopic (exact) mass is 258 g/mol. The largest absolute Gasteiger partial charge is 0.334 e. The molecule has 2 atom stereocenters. The molecule has 2 aliphatic rings. The third-order valence-electron chi connectivity index (χ3n) is 4.06. The summed E-state index contributed by atoms with van der Waals surface area (Å²) in [6.07, 6.45) is 7.21. The molecule has 2 aliphatic carbocycles. The van der Waals surface area contributed by atoms with Gasteiger partial charge in [0.1, 0.15) is 5.88 Å². The quantitative estimate of drug-likeness (QED) is 0.721. The van der Waals surface area contributed by atoms with E-state index in [-0.39, 0.29) is 11.8 Å². The molecule has 0 aromatic carbocycles. The molecule has 4 heteroatoms. The van der Waals surface area contributed by atoms with Crippen LogP contribution in [0.25, 0.3) is 0 Å². The predicted molar refractivity (Wildman–Crippen MR) is 70.3 cm³/mol. The Morgan fingerprint density at radius 1 is 1.12 bits per heavy atom. The Balaban J connectivity index is 2.11. The minimum absolute atomic E-state index is 0.132. The number of rotatable bonds is 4. The van der Waals surface area contributed by atoms with Crippen molar-refractivity contribution in [2.75, 3.05) is 20.0 Å². The minimum atomic E-state index is 0.132. The number of halogens is 1. The summed E-state index contributed by atoms with van der Waals surface area (Å²) >= 11 is 5.76. The van der Waals surface area contributed by atoms with E-state index in [0.717, 1.165) is 6.42 Å². The lowest BCUT2D eigenvalue weighted by Crippen LogP contribution is -2.54. The van der Waals surface area contributed by atoms with E-state index in [9.17, 15) is 4.79 Å². The molecule has 2 fully saturated rings. The Morgan fingerprint density at radius 2 is 1.71 bits per heavy atom. The molecule has 0 spiro atoms. The van der Waals surface area contributed by atoms with Crippen molar-refractivity contribution in [2.45, 2.75) is 56.7 Å². The van der Waals surface area contributed by atoms with Gasteiger partial charge in [0, 0.05) is 18.1 Å². The molecule has 2 rings (SSSR count). The van der Waals surface area contributed by atoms with E-state index in [1.165, 1.54) is 32.1 Å². The third-order valence-corrected chi connectivity index (χ3v) is 4.29. The SMILES string of the molecule is CN(C)[C@@H]1CCCC[C@@H]1N(C(=O)CCl)C1CC1. The molecule has 1 amide bonds. The van der Waals surface area contributed by atoms with Crippen LogP contribution in [0.2, 0.25) is 0 Å². The highest BCUT2D eigenvalue weighted by molar-refractivity contribution is 6.27. The van der Waals surface area contributed by atoms with Crippen molar-refractivity contribution in [3.05, 3.63) is 0 Å². The maximum Gasteiger partial charge on any atom is 0.238 e. The van der Waals surface area contributed by atoms with Gasteiger partial charge < -0.3 is 9.80 Å². The second-order valence-electron chi connectivity index (χ2n) is 5.55. The standard InChI is InChI=1S/C13H23ClN2O/c1-15(2)11-5-3-4-6-12(11)16(10-7-8-10)13(17)9-14/h10-12H,3-9H2,1-2H3/t11-,12+/m1/s1. The number of hydrogen-bond donors (Lipinski definition) is 0. The molecule has 98 valence electrons. The van der Waals surface area contributed by atoms with Gasteiger partial charge in [0.2, 0.25) is 5.91 Å². The second-order valence-corrected chi connectivity index (χ2v) is 5.82. The number of amides is 1. The Kier molecular flexibility index (Phi) is 4.31. The van der Waals surface area contributed by atoms with E-state index in [1.54, 1.807) is 0 Å². The molecule has 3 nitrogen and oxygen atoms in total. The summed E-state index contributed by atoms with van der Waals surface area (Å²) in [5.74, 6) is 0.264. The number of hydrogen-bond acceptors (Lipinski definition) is 2. The highest BCUT2D eigenvalue weighted by Gasteiger charge is 2.41. The van der Waals surface area contributed by atoms with Crippen LogP contribution in [0.1, 0.15) is 38.5 Å². The molecule has 0 aromatic heterocycles. The van der Waals surface area contributed by atoms with E-state index in [1.807, 2.05) is 0 Å². The number of carbonyl (C=O) groups is 1. The summed E-state index contributed by atoms with van der Waals surface area (Å²) in [5, 5.41) is 0. The van der Waals surface area contributed by atoms with E-state index in [4.69, 9.17) is 11.6 Å². The lowest BCUT2D eigenvalue weighted by Gasteiger charge is -2.43. The number of nitrogens with zero attached hydrogens (tertiary/aromatic N) is 2. The lowest BCUT2D eigenvalue weighted by atomic mass is 9.88. The molecule has 0 radical (unpaired) electrons. The van der Waals surface area contributed by atoms with Crippen molar-refractivity contribution >= 4 is 17.5 Å². The second kappa shape index (κ2) is 5.57. The van der Waals surface area contributed by atoms with E-state index in [0.29, 0.717) is 18.1 Å². The molecule has 0 saturated heterocycles. The Hall–Kier alpha value is -0.280. The summed E-state index contributed by atoms with van der Waals surface area (Å²) in [6, 6.07) is 1.38. The summed E-state index contributed by atoms with van der Waals surface area (Å²) in [4.78, 5) is 16.4. The zero-order chi connectivity index (χ0) is 12.4. The van der Waals surface area contributed by atoms with Gasteiger partial charge in [0.15, 0.2) is 0 Å². The maximum absolute atomic E-state index is 12.0. The van der Waals surface area contributed by atoms with Crippen LogP contribution in [0.15, 0.2) is 0 Å². The van der Waals surface area contributed by atoms with Gasteiger partial charge in [-0.3, -0.25) is 4.79 Å². The molecule has 17 heavy (non-hydrogen) atoms. The molecule has 2 saturated carbocycles. The van der Waals surface area contributed by atoms with Gasteiger partial charge >= 0.3 is 0 Å². The van der Waals surface area contributed by atoms with E-state index in [2.05, 4.69) is 23.9 Å². The van der Waals surface area contributed by atoms with Gasteiger partial charge in [-0.25, -0.2) is 0 Å². The molecule has 0 bridgehead atoms. The maximum atomic E-state index is 12.0. The van der Waals surface area contributed by atoms with Crippen molar-refractivity contribution in [3.63, 3.8) is 0 Å². The number of carbonyl (C=O) groups excluding carboxylic acids is 1. The Labute approximate surface area is 109 Å². The van der Waals surface area contributed by atoms with Crippen LogP contribution in [-0.4, -0.2) is 53.8 Å². The normalized spacial score (nSPS) is 29.4. The Morgan fingerprint density at radius 3 is 2.18 bits per heavy atom. The van der Waals surface area contributed by atoms with Crippen LogP contribution in [0.4, 0.5) is 0 Å².